The van der Waals surface area contributed by atoms with E-state index in [1.165, 1.54) is 0 Å². The Morgan fingerprint density at radius 2 is 1.59 bits per heavy atom. The normalized spacial score (nSPS) is 11.0. The molecular formula is C24H23NO4. The van der Waals surface area contributed by atoms with E-state index < -0.39 is 11.9 Å². The molecule has 5 heteroatoms. The molecule has 0 aliphatic heterocycles. The van der Waals surface area contributed by atoms with Crippen LogP contribution >= 0.6 is 0 Å². The third-order valence-electron chi connectivity index (χ3n) is 4.36. The molecule has 0 saturated carbocycles. The van der Waals surface area contributed by atoms with E-state index in [0.717, 1.165) is 11.1 Å². The van der Waals surface area contributed by atoms with Crippen LogP contribution in [0.5, 0.6) is 0 Å². The van der Waals surface area contributed by atoms with E-state index in [0.29, 0.717) is 16.6 Å². The first-order valence-electron chi connectivity index (χ1n) is 9.56. The minimum Gasteiger partial charge on any atom is -0.462 e. The molecule has 0 N–H and O–H groups in total. The van der Waals surface area contributed by atoms with Crippen LogP contribution in [0.1, 0.15) is 51.4 Å². The quantitative estimate of drug-likeness (QED) is 0.551. The molecule has 0 bridgehead atoms. The van der Waals surface area contributed by atoms with Crippen LogP contribution in [0.3, 0.4) is 0 Å². The molecule has 3 aromatic rings. The van der Waals surface area contributed by atoms with Gasteiger partial charge in [0.1, 0.15) is 5.56 Å². The Kier molecular flexibility index (Phi) is 6.39. The lowest BCUT2D eigenvalue weighted by Crippen LogP contribution is -2.17. The van der Waals surface area contributed by atoms with Gasteiger partial charge in [-0.15, -0.1) is 0 Å². The summed E-state index contributed by atoms with van der Waals surface area (Å²) in [6.07, 6.45) is 3.60. The van der Waals surface area contributed by atoms with E-state index in [9.17, 15) is 9.59 Å². The second-order valence-electron chi connectivity index (χ2n) is 6.45. The Morgan fingerprint density at radius 1 is 0.897 bits per heavy atom. The molecule has 29 heavy (non-hydrogen) atoms. The number of aromatic nitrogens is 1. The van der Waals surface area contributed by atoms with Gasteiger partial charge in [0.05, 0.1) is 30.0 Å². The molecule has 0 fully saturated rings. The zero-order valence-electron chi connectivity index (χ0n) is 16.8. The summed E-state index contributed by atoms with van der Waals surface area (Å²) in [7, 11) is 0. The molecule has 1 heterocycles. The summed E-state index contributed by atoms with van der Waals surface area (Å²) in [6, 6.07) is 15.1. The van der Waals surface area contributed by atoms with Crippen LogP contribution in [0.4, 0.5) is 0 Å². The van der Waals surface area contributed by atoms with Crippen LogP contribution in [0.15, 0.2) is 48.5 Å². The maximum Gasteiger partial charge on any atom is 0.341 e. The highest BCUT2D eigenvalue weighted by atomic mass is 16.5. The summed E-state index contributed by atoms with van der Waals surface area (Å²) in [6.45, 7) is 5.85. The van der Waals surface area contributed by atoms with Crippen molar-refractivity contribution in [2.45, 2.75) is 20.8 Å². The molecule has 148 valence electrons. The molecule has 3 rings (SSSR count). The summed E-state index contributed by atoms with van der Waals surface area (Å²) in [5.41, 5.74) is 3.36. The van der Waals surface area contributed by atoms with Crippen molar-refractivity contribution in [2.75, 3.05) is 13.2 Å². The molecule has 1 aromatic heterocycles. The number of nitrogens with zero attached hydrogens (tertiary/aromatic N) is 1. The van der Waals surface area contributed by atoms with Gasteiger partial charge in [-0.2, -0.15) is 0 Å². The van der Waals surface area contributed by atoms with Crippen LogP contribution in [0.25, 0.3) is 23.1 Å². The first-order valence-corrected chi connectivity index (χ1v) is 9.56. The lowest BCUT2D eigenvalue weighted by atomic mass is 9.99. The summed E-state index contributed by atoms with van der Waals surface area (Å²) in [5.74, 6) is -1.17. The van der Waals surface area contributed by atoms with Gasteiger partial charge >= 0.3 is 11.9 Å². The molecule has 0 aliphatic rings. The van der Waals surface area contributed by atoms with E-state index in [1.54, 1.807) is 38.1 Å². The first kappa shape index (κ1) is 20.3. The minimum atomic E-state index is -0.599. The number of carbonyl (C=O) groups excluding carboxylic acids is 2. The molecule has 0 atom stereocenters. The van der Waals surface area contributed by atoms with Crippen molar-refractivity contribution in [1.29, 1.82) is 0 Å². The van der Waals surface area contributed by atoms with E-state index in [-0.39, 0.29) is 24.3 Å². The molecule has 2 aromatic carbocycles. The largest absolute Gasteiger partial charge is 0.462 e. The summed E-state index contributed by atoms with van der Waals surface area (Å²) < 4.78 is 10.5. The minimum absolute atomic E-state index is 0.118. The molecule has 5 nitrogen and oxygen atoms in total. The fraction of sp³-hybridized carbons (Fsp3) is 0.208. The first-order chi connectivity index (χ1) is 14.0. The van der Waals surface area contributed by atoms with E-state index in [1.807, 2.05) is 43.3 Å². The number of pyridine rings is 1. The number of aryl methyl sites for hydroxylation is 1. The van der Waals surface area contributed by atoms with Gasteiger partial charge in [-0.1, -0.05) is 54.1 Å². The van der Waals surface area contributed by atoms with Crippen LogP contribution < -0.4 is 0 Å². The smallest absolute Gasteiger partial charge is 0.341 e. The van der Waals surface area contributed by atoms with Crippen LogP contribution in [0, 0.1) is 6.92 Å². The maximum atomic E-state index is 12.8. The molecule has 0 radical (unpaired) electrons. The number of fused-ring (bicyclic) bond motifs is 1. The third kappa shape index (κ3) is 4.51. The number of para-hydroxylation sites is 1. The Morgan fingerprint density at radius 3 is 2.28 bits per heavy atom. The topological polar surface area (TPSA) is 65.5 Å². The lowest BCUT2D eigenvalue weighted by molar-refractivity contribution is 0.0480. The SMILES string of the molecule is CCOC(=O)c1c(/C=C/c2cccc(C)c2)nc2ccccc2c1C(=O)OCC. The van der Waals surface area contributed by atoms with Gasteiger partial charge in [0.25, 0.3) is 0 Å². The second-order valence-corrected chi connectivity index (χ2v) is 6.45. The lowest BCUT2D eigenvalue weighted by Gasteiger charge is -2.14. The van der Waals surface area contributed by atoms with Crippen molar-refractivity contribution in [1.82, 2.24) is 4.98 Å². The van der Waals surface area contributed by atoms with Gasteiger partial charge in [0, 0.05) is 5.39 Å². The van der Waals surface area contributed by atoms with Crippen molar-refractivity contribution in [2.24, 2.45) is 0 Å². The van der Waals surface area contributed by atoms with Crippen LogP contribution in [-0.4, -0.2) is 30.1 Å². The van der Waals surface area contributed by atoms with Gasteiger partial charge in [0.2, 0.25) is 0 Å². The highest BCUT2D eigenvalue weighted by Gasteiger charge is 2.26. The summed E-state index contributed by atoms with van der Waals surface area (Å²) in [4.78, 5) is 30.2. The molecular weight excluding hydrogens is 366 g/mol. The zero-order valence-corrected chi connectivity index (χ0v) is 16.8. The molecule has 0 aliphatic carbocycles. The molecule has 0 saturated heterocycles. The third-order valence-corrected chi connectivity index (χ3v) is 4.36. The van der Waals surface area contributed by atoms with Gasteiger partial charge in [-0.05, 0) is 38.5 Å². The van der Waals surface area contributed by atoms with E-state index in [2.05, 4.69) is 4.98 Å². The fourth-order valence-electron chi connectivity index (χ4n) is 3.13. The Hall–Kier alpha value is -3.47. The molecule has 0 spiro atoms. The summed E-state index contributed by atoms with van der Waals surface area (Å²) in [5, 5.41) is 0.557. The summed E-state index contributed by atoms with van der Waals surface area (Å²) >= 11 is 0. The average molecular weight is 389 g/mol. The van der Waals surface area contributed by atoms with E-state index in [4.69, 9.17) is 9.47 Å². The monoisotopic (exact) mass is 389 g/mol. The van der Waals surface area contributed by atoms with Crippen LogP contribution in [-0.2, 0) is 9.47 Å². The van der Waals surface area contributed by atoms with Gasteiger partial charge < -0.3 is 9.47 Å². The van der Waals surface area contributed by atoms with Crippen molar-refractivity contribution >= 4 is 35.0 Å². The zero-order chi connectivity index (χ0) is 20.8. The number of carbonyl (C=O) groups is 2. The van der Waals surface area contributed by atoms with Gasteiger partial charge in [0.15, 0.2) is 0 Å². The Bertz CT molecular complexity index is 1090. The molecule has 0 amide bonds. The Labute approximate surface area is 170 Å². The van der Waals surface area contributed by atoms with Crippen molar-refractivity contribution in [3.05, 3.63) is 76.5 Å². The number of esters is 2. The predicted octanol–water partition coefficient (Wildman–Crippen LogP) is 5.07. The Balaban J connectivity index is 2.25. The van der Waals surface area contributed by atoms with E-state index >= 15 is 0 Å². The van der Waals surface area contributed by atoms with Crippen LogP contribution in [0.2, 0.25) is 0 Å². The number of hydrogen-bond acceptors (Lipinski definition) is 5. The number of benzene rings is 2. The number of hydrogen-bond donors (Lipinski definition) is 0. The standard InChI is InChI=1S/C24H23NO4/c1-4-28-23(26)21-18-11-6-7-12-19(18)25-20(22(21)24(27)29-5-2)14-13-17-10-8-9-16(3)15-17/h6-15H,4-5H2,1-3H3/b14-13+. The molecule has 0 unspecified atom stereocenters. The fourth-order valence-corrected chi connectivity index (χ4v) is 3.13. The highest BCUT2D eigenvalue weighted by Crippen LogP contribution is 2.27. The van der Waals surface area contributed by atoms with Crippen molar-refractivity contribution < 1.29 is 19.1 Å². The number of ether oxygens (including phenoxy) is 2. The maximum absolute atomic E-state index is 12.8. The van der Waals surface area contributed by atoms with Crippen molar-refractivity contribution in [3.8, 4) is 0 Å². The van der Waals surface area contributed by atoms with Gasteiger partial charge in [-0.25, -0.2) is 14.6 Å². The second kappa shape index (κ2) is 9.15. The average Bonchev–Trinajstić information content (AvgIpc) is 2.71. The highest BCUT2D eigenvalue weighted by molar-refractivity contribution is 6.13. The number of rotatable bonds is 6. The van der Waals surface area contributed by atoms with Crippen molar-refractivity contribution in [3.63, 3.8) is 0 Å². The van der Waals surface area contributed by atoms with Gasteiger partial charge in [-0.3, -0.25) is 0 Å². The predicted molar refractivity (Wildman–Crippen MR) is 114 cm³/mol.